The van der Waals surface area contributed by atoms with Crippen molar-refractivity contribution in [2.75, 3.05) is 0 Å². The number of thiol groups is 1. The largest absolute Gasteiger partial charge is 0.394 e. The van der Waals surface area contributed by atoms with Gasteiger partial charge in [-0.2, -0.15) is 0 Å². The van der Waals surface area contributed by atoms with E-state index in [-0.39, 0.29) is 17.6 Å². The lowest BCUT2D eigenvalue weighted by Crippen LogP contribution is -2.23. The van der Waals surface area contributed by atoms with Crippen LogP contribution in [0.5, 0.6) is 0 Å². The van der Waals surface area contributed by atoms with Crippen LogP contribution in [0.1, 0.15) is 39.2 Å². The number of carbonyl (C=O) groups is 2. The van der Waals surface area contributed by atoms with Gasteiger partial charge in [0.05, 0.1) is 5.92 Å². The lowest BCUT2D eigenvalue weighted by atomic mass is 9.85. The van der Waals surface area contributed by atoms with E-state index in [1.165, 1.54) is 0 Å². The minimum absolute atomic E-state index is 0.0702. The highest BCUT2D eigenvalue weighted by atomic mass is 32.1. The standard InChI is InChI=1S/C16H22O3S/c1-16(2,3)11-14(17)10-13(15(18)19-20)9-12-7-5-4-6-8-12/h4-8,13,20H,9-11H2,1-3H3. The van der Waals surface area contributed by atoms with Gasteiger partial charge in [-0.1, -0.05) is 51.1 Å². The Morgan fingerprint density at radius 1 is 1.20 bits per heavy atom. The summed E-state index contributed by atoms with van der Waals surface area (Å²) in [6.45, 7) is 6.02. The van der Waals surface area contributed by atoms with Crippen molar-refractivity contribution in [3.05, 3.63) is 35.9 Å². The molecule has 110 valence electrons. The molecule has 0 spiro atoms. The second kappa shape index (κ2) is 7.48. The molecule has 0 amide bonds. The van der Waals surface area contributed by atoms with Gasteiger partial charge in [0.25, 0.3) is 0 Å². The molecule has 20 heavy (non-hydrogen) atoms. The molecule has 1 unspecified atom stereocenters. The number of benzene rings is 1. The molecule has 0 N–H and O–H groups in total. The van der Waals surface area contributed by atoms with Crippen LogP contribution in [0.25, 0.3) is 0 Å². The summed E-state index contributed by atoms with van der Waals surface area (Å²) in [5.41, 5.74) is 0.944. The highest BCUT2D eigenvalue weighted by molar-refractivity contribution is 7.75. The average Bonchev–Trinajstić information content (AvgIpc) is 2.36. The first-order valence-corrected chi connectivity index (χ1v) is 7.09. The molecule has 0 aliphatic heterocycles. The molecule has 3 nitrogen and oxygen atoms in total. The molecule has 0 radical (unpaired) electrons. The number of carbonyl (C=O) groups excluding carboxylic acids is 2. The third kappa shape index (κ3) is 6.24. The maximum atomic E-state index is 12.0. The Kier molecular flexibility index (Phi) is 6.27. The quantitative estimate of drug-likeness (QED) is 0.643. The van der Waals surface area contributed by atoms with Crippen molar-refractivity contribution in [3.8, 4) is 0 Å². The van der Waals surface area contributed by atoms with Crippen LogP contribution in [-0.4, -0.2) is 11.8 Å². The van der Waals surface area contributed by atoms with E-state index in [1.54, 1.807) is 0 Å². The Labute approximate surface area is 126 Å². The zero-order valence-corrected chi connectivity index (χ0v) is 13.2. The molecule has 4 heteroatoms. The van der Waals surface area contributed by atoms with Crippen LogP contribution in [0.15, 0.2) is 30.3 Å². The zero-order valence-electron chi connectivity index (χ0n) is 12.3. The highest BCUT2D eigenvalue weighted by Gasteiger charge is 2.25. The molecule has 0 aliphatic rings. The molecule has 1 atom stereocenters. The van der Waals surface area contributed by atoms with E-state index >= 15 is 0 Å². The van der Waals surface area contributed by atoms with Crippen molar-refractivity contribution in [2.24, 2.45) is 11.3 Å². The highest BCUT2D eigenvalue weighted by Crippen LogP contribution is 2.23. The Hall–Kier alpha value is -1.29. The van der Waals surface area contributed by atoms with Crippen LogP contribution < -0.4 is 0 Å². The SMILES string of the molecule is CC(C)(C)CC(=O)CC(Cc1ccccc1)C(=O)OS. The number of ketones is 1. The molecular formula is C16H22O3S. The van der Waals surface area contributed by atoms with Crippen LogP contribution in [0.3, 0.4) is 0 Å². The summed E-state index contributed by atoms with van der Waals surface area (Å²) in [6.07, 6.45) is 1.15. The maximum absolute atomic E-state index is 12.0. The summed E-state index contributed by atoms with van der Waals surface area (Å²) < 4.78 is 4.52. The molecule has 0 bridgehead atoms. The first-order chi connectivity index (χ1) is 9.31. The lowest BCUT2D eigenvalue weighted by molar-refractivity contribution is -0.140. The Balaban J connectivity index is 2.70. The lowest BCUT2D eigenvalue weighted by Gasteiger charge is -2.19. The van der Waals surface area contributed by atoms with E-state index in [2.05, 4.69) is 17.1 Å². The Bertz CT molecular complexity index is 449. The van der Waals surface area contributed by atoms with Crippen LogP contribution in [0.4, 0.5) is 0 Å². The molecule has 1 aromatic rings. The summed E-state index contributed by atoms with van der Waals surface area (Å²) >= 11 is 3.57. The summed E-state index contributed by atoms with van der Waals surface area (Å²) in [5.74, 6) is -0.832. The monoisotopic (exact) mass is 294 g/mol. The van der Waals surface area contributed by atoms with Gasteiger partial charge < -0.3 is 4.18 Å². The van der Waals surface area contributed by atoms with Crippen LogP contribution in [-0.2, 0) is 20.2 Å². The smallest absolute Gasteiger partial charge is 0.321 e. The summed E-state index contributed by atoms with van der Waals surface area (Å²) in [6, 6.07) is 9.62. The third-order valence-electron chi connectivity index (χ3n) is 2.95. The molecule has 0 fully saturated rings. The zero-order chi connectivity index (χ0) is 15.2. The van der Waals surface area contributed by atoms with Crippen molar-refractivity contribution < 1.29 is 13.8 Å². The van der Waals surface area contributed by atoms with Crippen molar-refractivity contribution in [3.63, 3.8) is 0 Å². The van der Waals surface area contributed by atoms with E-state index in [1.807, 2.05) is 51.1 Å². The van der Waals surface area contributed by atoms with Gasteiger partial charge in [0.1, 0.15) is 5.78 Å². The second-order valence-electron chi connectivity index (χ2n) is 6.28. The van der Waals surface area contributed by atoms with Crippen LogP contribution in [0, 0.1) is 11.3 Å². The van der Waals surface area contributed by atoms with Gasteiger partial charge in [-0.3, -0.25) is 9.59 Å². The second-order valence-corrected chi connectivity index (χ2v) is 6.46. The first kappa shape index (κ1) is 16.8. The van der Waals surface area contributed by atoms with E-state index in [4.69, 9.17) is 0 Å². The minimum Gasteiger partial charge on any atom is -0.394 e. The van der Waals surface area contributed by atoms with E-state index in [0.29, 0.717) is 12.8 Å². The normalized spacial score (nSPS) is 12.8. The topological polar surface area (TPSA) is 43.4 Å². The van der Waals surface area contributed by atoms with Crippen LogP contribution >= 0.6 is 12.9 Å². The van der Waals surface area contributed by atoms with E-state index in [0.717, 1.165) is 5.56 Å². The van der Waals surface area contributed by atoms with Crippen molar-refractivity contribution in [1.29, 1.82) is 0 Å². The summed E-state index contributed by atoms with van der Waals surface area (Å²) in [7, 11) is 0. The average molecular weight is 294 g/mol. The van der Waals surface area contributed by atoms with Gasteiger partial charge in [-0.15, -0.1) is 0 Å². The maximum Gasteiger partial charge on any atom is 0.321 e. The first-order valence-electron chi connectivity index (χ1n) is 6.73. The Morgan fingerprint density at radius 2 is 1.80 bits per heavy atom. The van der Waals surface area contributed by atoms with Gasteiger partial charge in [0.15, 0.2) is 0 Å². The molecule has 1 rings (SSSR count). The number of rotatable bonds is 6. The summed E-state index contributed by atoms with van der Waals surface area (Å²) in [5, 5.41) is 0. The van der Waals surface area contributed by atoms with Gasteiger partial charge in [-0.25, -0.2) is 0 Å². The fourth-order valence-electron chi connectivity index (χ4n) is 2.15. The van der Waals surface area contributed by atoms with Gasteiger partial charge in [0, 0.05) is 25.8 Å². The van der Waals surface area contributed by atoms with Gasteiger partial charge in [0.2, 0.25) is 0 Å². The molecule has 1 aromatic carbocycles. The van der Waals surface area contributed by atoms with E-state index < -0.39 is 11.9 Å². The predicted molar refractivity (Wildman–Crippen MR) is 82.4 cm³/mol. The number of hydrogen-bond acceptors (Lipinski definition) is 4. The molecule has 0 aliphatic carbocycles. The number of hydrogen-bond donors (Lipinski definition) is 1. The van der Waals surface area contributed by atoms with Crippen LogP contribution in [0.2, 0.25) is 0 Å². The van der Waals surface area contributed by atoms with Crippen molar-refractivity contribution in [1.82, 2.24) is 0 Å². The van der Waals surface area contributed by atoms with Crippen molar-refractivity contribution in [2.45, 2.75) is 40.0 Å². The van der Waals surface area contributed by atoms with E-state index in [9.17, 15) is 9.59 Å². The minimum atomic E-state index is -0.468. The molecular weight excluding hydrogens is 272 g/mol. The molecule has 0 heterocycles. The third-order valence-corrected chi connectivity index (χ3v) is 3.13. The van der Waals surface area contributed by atoms with Gasteiger partial charge >= 0.3 is 5.97 Å². The molecule has 0 saturated carbocycles. The predicted octanol–water partition coefficient (Wildman–Crippen LogP) is 3.63. The summed E-state index contributed by atoms with van der Waals surface area (Å²) in [4.78, 5) is 23.8. The Morgan fingerprint density at radius 3 is 2.30 bits per heavy atom. The fraction of sp³-hybridized carbons (Fsp3) is 0.500. The molecule has 0 aromatic heterocycles. The molecule has 0 saturated heterocycles. The fourth-order valence-corrected chi connectivity index (χ4v) is 2.30. The van der Waals surface area contributed by atoms with Gasteiger partial charge in [-0.05, 0) is 17.4 Å². The number of Topliss-reactive ketones (excluding diaryl/α,β-unsaturated/α-hetero) is 1. The van der Waals surface area contributed by atoms with Crippen molar-refractivity contribution >= 4 is 24.7 Å².